The highest BCUT2D eigenvalue weighted by Crippen LogP contribution is 2.64. The molecule has 4 saturated carbocycles. The van der Waals surface area contributed by atoms with Crippen LogP contribution in [0, 0.1) is 17.3 Å². The molecular weight excluding hydrogens is 416 g/mol. The monoisotopic (exact) mass is 434 g/mol. The molecule has 4 aliphatic rings. The van der Waals surface area contributed by atoms with Crippen LogP contribution in [0.3, 0.4) is 0 Å². The fraction of sp³-hybridized carbons (Fsp3) is 0.526. The van der Waals surface area contributed by atoms with Gasteiger partial charge in [-0.15, -0.1) is 5.10 Å². The van der Waals surface area contributed by atoms with Gasteiger partial charge in [0.05, 0.1) is 11.0 Å². The summed E-state index contributed by atoms with van der Waals surface area (Å²) in [6.45, 7) is 0. The van der Waals surface area contributed by atoms with Crippen molar-refractivity contribution in [3.63, 3.8) is 0 Å². The van der Waals surface area contributed by atoms with E-state index >= 15 is 0 Å². The molecule has 4 fully saturated rings. The van der Waals surface area contributed by atoms with E-state index < -0.39 is 0 Å². The second-order valence-electron chi connectivity index (χ2n) is 8.39. The number of hydrogen-bond acceptors (Lipinski definition) is 3. The molecule has 0 radical (unpaired) electrons. The Bertz CT molecular complexity index is 868. The third kappa shape index (κ3) is 2.61. The van der Waals surface area contributed by atoms with Gasteiger partial charge in [0.1, 0.15) is 6.33 Å². The summed E-state index contributed by atoms with van der Waals surface area (Å²) >= 11 is 9.47. The van der Waals surface area contributed by atoms with Gasteiger partial charge >= 0.3 is 0 Å². The largest absolute Gasteiger partial charge is 0.326 e. The van der Waals surface area contributed by atoms with Crippen molar-refractivity contribution in [1.82, 2.24) is 14.8 Å². The molecule has 1 aromatic heterocycles. The van der Waals surface area contributed by atoms with Crippen LogP contribution in [0.5, 0.6) is 0 Å². The highest BCUT2D eigenvalue weighted by molar-refractivity contribution is 9.10. The summed E-state index contributed by atoms with van der Waals surface area (Å²) in [5, 5.41) is 7.88. The Morgan fingerprint density at radius 1 is 1.27 bits per heavy atom. The lowest BCUT2D eigenvalue weighted by atomic mass is 9.46. The lowest BCUT2D eigenvalue weighted by molar-refractivity contribution is -0.150. The Morgan fingerprint density at radius 3 is 2.69 bits per heavy atom. The molecule has 0 spiro atoms. The quantitative estimate of drug-likeness (QED) is 0.765. The fourth-order valence-corrected chi connectivity index (χ4v) is 6.57. The van der Waals surface area contributed by atoms with Gasteiger partial charge in [0.15, 0.2) is 0 Å². The summed E-state index contributed by atoms with van der Waals surface area (Å²) < 4.78 is 2.92. The van der Waals surface area contributed by atoms with Crippen molar-refractivity contribution < 1.29 is 4.79 Å². The number of amides is 1. The summed E-state index contributed by atoms with van der Waals surface area (Å²) in [4.78, 5) is 17.5. The van der Waals surface area contributed by atoms with Crippen LogP contribution in [0.15, 0.2) is 35.1 Å². The maximum atomic E-state index is 13.4. The summed E-state index contributed by atoms with van der Waals surface area (Å²) in [5.41, 5.74) is 0.418. The molecule has 0 unspecified atom stereocenters. The number of nitrogens with one attached hydrogen (secondary N) is 1. The molecule has 136 valence electrons. The highest BCUT2D eigenvalue weighted by atomic mass is 79.9. The Labute approximate surface area is 165 Å². The smallest absolute Gasteiger partial charge is 0.242 e. The van der Waals surface area contributed by atoms with E-state index in [0.717, 1.165) is 42.3 Å². The predicted molar refractivity (Wildman–Crippen MR) is 103 cm³/mol. The first kappa shape index (κ1) is 16.8. The molecule has 6 rings (SSSR count). The summed E-state index contributed by atoms with van der Waals surface area (Å²) in [6, 6.07) is 7.80. The van der Waals surface area contributed by atoms with Crippen LogP contribution in [0.1, 0.15) is 38.5 Å². The van der Waals surface area contributed by atoms with Crippen LogP contribution in [0.4, 0.5) is 5.69 Å². The minimum atomic E-state index is -0.315. The van der Waals surface area contributed by atoms with Gasteiger partial charge in [-0.1, -0.05) is 22.0 Å². The summed E-state index contributed by atoms with van der Waals surface area (Å²) in [7, 11) is 0. The Balaban J connectivity index is 1.47. The predicted octanol–water partition coefficient (Wildman–Crippen LogP) is 4.63. The van der Waals surface area contributed by atoms with Crippen LogP contribution in [0.25, 0.3) is 0 Å². The third-order valence-corrected chi connectivity index (χ3v) is 7.21. The number of aromatic nitrogens is 3. The second kappa shape index (κ2) is 5.80. The number of anilines is 1. The number of nitrogens with zero attached hydrogens (tertiary/aromatic N) is 3. The number of carbonyl (C=O) groups is 1. The SMILES string of the molecule is O=C(Nc1cccc(Br)c1)C12C[C@H]3C[C@H](C1)CC(n1cnc(Cl)n1)(C3)C2. The standard InChI is InChI=1S/C19H20BrClN4O/c20-14-2-1-3-15(5-14)23-16(26)18-6-12-4-13(7-18)9-19(8-12,10-18)25-11-22-17(21)24-25/h1-3,5,11-13H,4,6-10H2,(H,23,26)/t12-,13-,18?,19?/m1/s1. The van der Waals surface area contributed by atoms with E-state index in [9.17, 15) is 4.79 Å². The first-order valence-electron chi connectivity index (χ1n) is 9.11. The average Bonchev–Trinajstić information content (AvgIpc) is 3.01. The molecule has 1 N–H and O–H groups in total. The zero-order valence-corrected chi connectivity index (χ0v) is 16.6. The minimum absolute atomic E-state index is 0.112. The maximum absolute atomic E-state index is 13.4. The van der Waals surface area contributed by atoms with E-state index in [1.165, 1.54) is 6.42 Å². The Hall–Kier alpha value is -1.40. The van der Waals surface area contributed by atoms with Crippen LogP contribution in [-0.4, -0.2) is 20.7 Å². The number of carbonyl (C=O) groups excluding carboxylic acids is 1. The minimum Gasteiger partial charge on any atom is -0.326 e. The van der Waals surface area contributed by atoms with Crippen LogP contribution < -0.4 is 5.32 Å². The highest BCUT2D eigenvalue weighted by Gasteiger charge is 2.61. The molecule has 4 aliphatic carbocycles. The zero-order valence-electron chi connectivity index (χ0n) is 14.3. The van der Waals surface area contributed by atoms with Gasteiger partial charge in [-0.05, 0) is 80.2 Å². The van der Waals surface area contributed by atoms with E-state index in [-0.39, 0.29) is 22.1 Å². The molecule has 7 heteroatoms. The van der Waals surface area contributed by atoms with Crippen molar-refractivity contribution in [2.24, 2.45) is 17.3 Å². The lowest BCUT2D eigenvalue weighted by Gasteiger charge is -2.60. The van der Waals surface area contributed by atoms with Gasteiger partial charge in [0.2, 0.25) is 11.2 Å². The number of rotatable bonds is 3. The van der Waals surface area contributed by atoms with Gasteiger partial charge in [-0.3, -0.25) is 4.79 Å². The summed E-state index contributed by atoms with van der Waals surface area (Å²) in [6.07, 6.45) is 7.92. The molecule has 1 amide bonds. The van der Waals surface area contributed by atoms with Crippen molar-refractivity contribution >= 4 is 39.1 Å². The van der Waals surface area contributed by atoms with Crippen LogP contribution in [-0.2, 0) is 10.3 Å². The van der Waals surface area contributed by atoms with Crippen molar-refractivity contribution in [2.45, 2.75) is 44.1 Å². The molecule has 4 bridgehead atoms. The summed E-state index contributed by atoms with van der Waals surface area (Å²) in [5.74, 6) is 1.31. The molecule has 1 heterocycles. The van der Waals surface area contributed by atoms with E-state index in [1.807, 2.05) is 28.9 Å². The van der Waals surface area contributed by atoms with Crippen molar-refractivity contribution in [1.29, 1.82) is 0 Å². The van der Waals surface area contributed by atoms with Crippen molar-refractivity contribution in [3.05, 3.63) is 40.3 Å². The molecule has 26 heavy (non-hydrogen) atoms. The topological polar surface area (TPSA) is 59.8 Å². The van der Waals surface area contributed by atoms with E-state index in [2.05, 4.69) is 31.3 Å². The first-order valence-corrected chi connectivity index (χ1v) is 10.3. The molecule has 0 saturated heterocycles. The zero-order chi connectivity index (χ0) is 17.9. The third-order valence-electron chi connectivity index (χ3n) is 6.54. The van der Waals surface area contributed by atoms with Gasteiger partial charge in [0.25, 0.3) is 0 Å². The van der Waals surface area contributed by atoms with Gasteiger partial charge in [0, 0.05) is 10.2 Å². The molecule has 2 atom stereocenters. The Morgan fingerprint density at radius 2 is 2.04 bits per heavy atom. The first-order chi connectivity index (χ1) is 12.5. The number of halogens is 2. The van der Waals surface area contributed by atoms with Crippen molar-refractivity contribution in [3.8, 4) is 0 Å². The number of hydrogen-bond donors (Lipinski definition) is 1. The molecule has 1 aromatic carbocycles. The van der Waals surface area contributed by atoms with Crippen LogP contribution in [0.2, 0.25) is 5.28 Å². The lowest BCUT2D eigenvalue weighted by Crippen LogP contribution is -2.60. The van der Waals surface area contributed by atoms with Gasteiger partial charge in [-0.2, -0.15) is 0 Å². The van der Waals surface area contributed by atoms with Crippen LogP contribution >= 0.6 is 27.5 Å². The molecular formula is C19H20BrClN4O. The molecule has 0 aliphatic heterocycles. The van der Waals surface area contributed by atoms with Crippen molar-refractivity contribution in [2.75, 3.05) is 5.32 Å². The average molecular weight is 436 g/mol. The fourth-order valence-electron chi connectivity index (χ4n) is 6.05. The molecule has 5 nitrogen and oxygen atoms in total. The molecule has 2 aromatic rings. The van der Waals surface area contributed by atoms with E-state index in [1.54, 1.807) is 6.33 Å². The normalized spacial score (nSPS) is 34.8. The Kier molecular flexibility index (Phi) is 3.73. The maximum Gasteiger partial charge on any atom is 0.242 e. The number of benzene rings is 1. The van der Waals surface area contributed by atoms with E-state index in [4.69, 9.17) is 11.6 Å². The second-order valence-corrected chi connectivity index (χ2v) is 9.64. The van der Waals surface area contributed by atoms with Gasteiger partial charge < -0.3 is 5.32 Å². The van der Waals surface area contributed by atoms with Gasteiger partial charge in [-0.25, -0.2) is 9.67 Å². The van der Waals surface area contributed by atoms with E-state index in [0.29, 0.717) is 11.8 Å².